The molecule has 2 rings (SSSR count). The quantitative estimate of drug-likeness (QED) is 0.251. The van der Waals surface area contributed by atoms with Crippen molar-refractivity contribution in [3.05, 3.63) is 23.8 Å². The number of thiocarbonyl (C=S) groups is 2. The molecule has 1 aromatic carbocycles. The van der Waals surface area contributed by atoms with E-state index >= 15 is 0 Å². The van der Waals surface area contributed by atoms with Crippen molar-refractivity contribution in [2.75, 3.05) is 60.2 Å². The lowest BCUT2D eigenvalue weighted by Crippen LogP contribution is -2.50. The van der Waals surface area contributed by atoms with E-state index in [0.29, 0.717) is 16.8 Å². The SMILES string of the molecule is COc1ccc(CCNC(=S)NNC(=S)NCCCN2CCOCC2)cc1OC. The van der Waals surface area contributed by atoms with Gasteiger partial charge in [-0.15, -0.1) is 0 Å². The molecule has 0 unspecified atom stereocenters. The first kappa shape index (κ1) is 23.4. The van der Waals surface area contributed by atoms with Gasteiger partial charge in [0.1, 0.15) is 0 Å². The second-order valence-corrected chi connectivity index (χ2v) is 7.33. The first-order valence-corrected chi connectivity index (χ1v) is 10.5. The molecule has 0 aliphatic carbocycles. The molecule has 4 N–H and O–H groups in total. The van der Waals surface area contributed by atoms with E-state index in [2.05, 4.69) is 26.4 Å². The maximum absolute atomic E-state index is 5.35. The molecule has 1 aliphatic heterocycles. The van der Waals surface area contributed by atoms with E-state index in [1.54, 1.807) is 14.2 Å². The highest BCUT2D eigenvalue weighted by Gasteiger charge is 2.09. The standard InChI is InChI=1S/C19H31N5O3S2/c1-25-16-5-4-15(14-17(16)26-2)6-8-21-19(29)23-22-18(28)20-7-3-9-24-10-12-27-13-11-24/h4-5,14H,3,6-13H2,1-2H3,(H2,20,22,28)(H2,21,23,29). The summed E-state index contributed by atoms with van der Waals surface area (Å²) in [6, 6.07) is 5.87. The van der Waals surface area contributed by atoms with Gasteiger partial charge in [0.25, 0.3) is 0 Å². The Bertz CT molecular complexity index is 657. The molecule has 0 amide bonds. The summed E-state index contributed by atoms with van der Waals surface area (Å²) in [6.45, 7) is 6.21. The Morgan fingerprint density at radius 2 is 1.66 bits per heavy atom. The van der Waals surface area contributed by atoms with Crippen LogP contribution in [0.3, 0.4) is 0 Å². The third-order valence-electron chi connectivity index (χ3n) is 4.48. The Labute approximate surface area is 183 Å². The molecule has 1 aromatic rings. The number of nitrogens with one attached hydrogen (secondary N) is 4. The molecule has 162 valence electrons. The summed E-state index contributed by atoms with van der Waals surface area (Å²) in [4.78, 5) is 2.40. The van der Waals surface area contributed by atoms with Crippen LogP contribution in [0.1, 0.15) is 12.0 Å². The first-order valence-electron chi connectivity index (χ1n) is 9.71. The molecule has 0 saturated carbocycles. The van der Waals surface area contributed by atoms with Gasteiger partial charge in [-0.3, -0.25) is 15.8 Å². The van der Waals surface area contributed by atoms with Gasteiger partial charge in [0, 0.05) is 26.2 Å². The second-order valence-electron chi connectivity index (χ2n) is 6.51. The second kappa shape index (κ2) is 13.4. The predicted molar refractivity (Wildman–Crippen MR) is 123 cm³/mol. The van der Waals surface area contributed by atoms with Crippen molar-refractivity contribution in [2.24, 2.45) is 0 Å². The number of morpholine rings is 1. The van der Waals surface area contributed by atoms with E-state index in [0.717, 1.165) is 69.3 Å². The summed E-state index contributed by atoms with van der Waals surface area (Å²) in [5.74, 6) is 1.44. The minimum absolute atomic E-state index is 0.489. The average Bonchev–Trinajstić information content (AvgIpc) is 2.76. The van der Waals surface area contributed by atoms with E-state index in [1.807, 2.05) is 18.2 Å². The maximum Gasteiger partial charge on any atom is 0.185 e. The number of hydrogen-bond donors (Lipinski definition) is 4. The van der Waals surface area contributed by atoms with Gasteiger partial charge in [-0.25, -0.2) is 0 Å². The molecular formula is C19H31N5O3S2. The van der Waals surface area contributed by atoms with Crippen LogP contribution in [0.25, 0.3) is 0 Å². The van der Waals surface area contributed by atoms with Crippen LogP contribution in [0, 0.1) is 0 Å². The number of rotatable bonds is 9. The van der Waals surface area contributed by atoms with Crippen molar-refractivity contribution in [3.63, 3.8) is 0 Å². The zero-order valence-corrected chi connectivity index (χ0v) is 18.7. The fraction of sp³-hybridized carbons (Fsp3) is 0.579. The molecule has 10 heteroatoms. The Morgan fingerprint density at radius 1 is 1.00 bits per heavy atom. The fourth-order valence-corrected chi connectivity index (χ4v) is 3.19. The van der Waals surface area contributed by atoms with Gasteiger partial charge in [-0.1, -0.05) is 6.07 Å². The molecule has 0 bridgehead atoms. The lowest BCUT2D eigenvalue weighted by molar-refractivity contribution is 0.0376. The van der Waals surface area contributed by atoms with Crippen LogP contribution in [0.15, 0.2) is 18.2 Å². The van der Waals surface area contributed by atoms with Crippen molar-refractivity contribution in [2.45, 2.75) is 12.8 Å². The van der Waals surface area contributed by atoms with Crippen LogP contribution in [-0.2, 0) is 11.2 Å². The summed E-state index contributed by atoms with van der Waals surface area (Å²) in [6.07, 6.45) is 1.82. The van der Waals surface area contributed by atoms with Gasteiger partial charge in [0.15, 0.2) is 21.7 Å². The van der Waals surface area contributed by atoms with Crippen LogP contribution < -0.4 is 31.0 Å². The zero-order chi connectivity index (χ0) is 20.9. The summed E-state index contributed by atoms with van der Waals surface area (Å²) in [5.41, 5.74) is 6.92. The molecule has 29 heavy (non-hydrogen) atoms. The van der Waals surface area contributed by atoms with E-state index in [-0.39, 0.29) is 0 Å². The number of hydrogen-bond acceptors (Lipinski definition) is 6. The number of methoxy groups -OCH3 is 2. The minimum atomic E-state index is 0.489. The fourth-order valence-electron chi connectivity index (χ4n) is 2.89. The summed E-state index contributed by atoms with van der Waals surface area (Å²) in [7, 11) is 3.25. The van der Waals surface area contributed by atoms with Crippen molar-refractivity contribution < 1.29 is 14.2 Å². The molecule has 1 fully saturated rings. The highest BCUT2D eigenvalue weighted by Crippen LogP contribution is 2.27. The van der Waals surface area contributed by atoms with Crippen LogP contribution in [0.2, 0.25) is 0 Å². The number of ether oxygens (including phenoxy) is 3. The molecule has 1 aliphatic rings. The van der Waals surface area contributed by atoms with Crippen LogP contribution >= 0.6 is 24.4 Å². The van der Waals surface area contributed by atoms with Crippen LogP contribution in [-0.4, -0.2) is 75.3 Å². The Balaban J connectivity index is 1.54. The maximum atomic E-state index is 5.35. The third-order valence-corrected chi connectivity index (χ3v) is 4.97. The zero-order valence-electron chi connectivity index (χ0n) is 17.1. The van der Waals surface area contributed by atoms with Gasteiger partial charge < -0.3 is 24.8 Å². The van der Waals surface area contributed by atoms with E-state index < -0.39 is 0 Å². The highest BCUT2D eigenvalue weighted by atomic mass is 32.1. The average molecular weight is 442 g/mol. The third kappa shape index (κ3) is 8.99. The van der Waals surface area contributed by atoms with Gasteiger partial charge in [-0.05, 0) is 61.5 Å². The van der Waals surface area contributed by atoms with Crippen molar-refractivity contribution >= 4 is 34.7 Å². The topological polar surface area (TPSA) is 79.1 Å². The molecule has 1 saturated heterocycles. The predicted octanol–water partition coefficient (Wildman–Crippen LogP) is 0.812. The van der Waals surface area contributed by atoms with Crippen molar-refractivity contribution in [1.29, 1.82) is 0 Å². The molecule has 0 aromatic heterocycles. The Kier molecular flexibility index (Phi) is 10.8. The molecule has 0 atom stereocenters. The van der Waals surface area contributed by atoms with Gasteiger partial charge in [0.05, 0.1) is 27.4 Å². The highest BCUT2D eigenvalue weighted by molar-refractivity contribution is 7.80. The molecule has 0 radical (unpaired) electrons. The van der Waals surface area contributed by atoms with Crippen LogP contribution in [0.5, 0.6) is 11.5 Å². The number of benzene rings is 1. The lowest BCUT2D eigenvalue weighted by atomic mass is 10.1. The van der Waals surface area contributed by atoms with Crippen molar-refractivity contribution in [3.8, 4) is 11.5 Å². The molecule has 1 heterocycles. The van der Waals surface area contributed by atoms with Gasteiger partial charge >= 0.3 is 0 Å². The summed E-state index contributed by atoms with van der Waals surface area (Å²) < 4.78 is 15.9. The Hall–Kier alpha value is -1.88. The van der Waals surface area contributed by atoms with E-state index in [4.69, 9.17) is 38.6 Å². The minimum Gasteiger partial charge on any atom is -0.493 e. The normalized spacial score (nSPS) is 14.0. The summed E-state index contributed by atoms with van der Waals surface area (Å²) >= 11 is 10.5. The number of hydrazine groups is 1. The first-order chi connectivity index (χ1) is 14.1. The van der Waals surface area contributed by atoms with Crippen LogP contribution in [0.4, 0.5) is 0 Å². The summed E-state index contributed by atoms with van der Waals surface area (Å²) in [5, 5.41) is 7.33. The lowest BCUT2D eigenvalue weighted by Gasteiger charge is -2.26. The molecule has 8 nitrogen and oxygen atoms in total. The smallest absolute Gasteiger partial charge is 0.185 e. The van der Waals surface area contributed by atoms with Gasteiger partial charge in [-0.2, -0.15) is 0 Å². The van der Waals surface area contributed by atoms with E-state index in [1.165, 1.54) is 0 Å². The van der Waals surface area contributed by atoms with Crippen molar-refractivity contribution in [1.82, 2.24) is 26.4 Å². The monoisotopic (exact) mass is 441 g/mol. The molecular weight excluding hydrogens is 410 g/mol. The Morgan fingerprint density at radius 3 is 2.31 bits per heavy atom. The van der Waals surface area contributed by atoms with E-state index in [9.17, 15) is 0 Å². The molecule has 0 spiro atoms. The number of nitrogens with zero attached hydrogens (tertiary/aromatic N) is 1. The largest absolute Gasteiger partial charge is 0.493 e. The van der Waals surface area contributed by atoms with Gasteiger partial charge in [0.2, 0.25) is 0 Å².